The molecule has 3 heterocycles. The average Bonchev–Trinajstić information content (AvgIpc) is 3.03. The van der Waals surface area contributed by atoms with Crippen molar-refractivity contribution >= 4 is 11.9 Å². The Kier molecular flexibility index (Phi) is 6.13. The summed E-state index contributed by atoms with van der Waals surface area (Å²) >= 11 is 0. The topological polar surface area (TPSA) is 79.7 Å². The first-order valence-corrected chi connectivity index (χ1v) is 9.55. The van der Waals surface area contributed by atoms with Gasteiger partial charge in [0.15, 0.2) is 0 Å². The minimum Gasteiger partial charge on any atom is -0.378 e. The molecule has 2 saturated heterocycles. The smallest absolute Gasteiger partial charge is 0.320 e. The van der Waals surface area contributed by atoms with Crippen LogP contribution in [0.5, 0.6) is 0 Å². The molecule has 0 unspecified atom stereocenters. The number of carbonyl (C=O) groups excluding carboxylic acids is 2. The summed E-state index contributed by atoms with van der Waals surface area (Å²) in [6.45, 7) is 8.67. The van der Waals surface area contributed by atoms with Crippen LogP contribution in [0, 0.1) is 6.92 Å². The van der Waals surface area contributed by atoms with E-state index in [9.17, 15) is 9.59 Å². The number of amides is 3. The first-order chi connectivity index (χ1) is 12.6. The summed E-state index contributed by atoms with van der Waals surface area (Å²) in [5.41, 5.74) is 1.40. The molecular formula is C18H29N5O3. The number of rotatable bonds is 4. The number of carbonyl (C=O) groups is 2. The predicted molar refractivity (Wildman–Crippen MR) is 97.1 cm³/mol. The molecule has 1 aromatic heterocycles. The molecule has 144 valence electrons. The highest BCUT2D eigenvalue weighted by Gasteiger charge is 2.28. The van der Waals surface area contributed by atoms with Gasteiger partial charge in [0.2, 0.25) is 0 Å². The van der Waals surface area contributed by atoms with E-state index in [-0.39, 0.29) is 18.0 Å². The molecule has 2 aliphatic heterocycles. The van der Waals surface area contributed by atoms with Gasteiger partial charge in [-0.1, -0.05) is 6.92 Å². The lowest BCUT2D eigenvalue weighted by molar-refractivity contribution is 0.0407. The van der Waals surface area contributed by atoms with E-state index in [0.717, 1.165) is 31.5 Å². The van der Waals surface area contributed by atoms with Crippen molar-refractivity contribution in [3.8, 4) is 0 Å². The molecule has 0 aliphatic carbocycles. The Labute approximate surface area is 154 Å². The summed E-state index contributed by atoms with van der Waals surface area (Å²) in [5, 5.41) is 7.50. The van der Waals surface area contributed by atoms with E-state index in [4.69, 9.17) is 4.74 Å². The minimum atomic E-state index is -0.0668. The quantitative estimate of drug-likeness (QED) is 0.873. The number of morpholine rings is 1. The second kappa shape index (κ2) is 8.53. The molecule has 26 heavy (non-hydrogen) atoms. The first-order valence-electron chi connectivity index (χ1n) is 9.55. The van der Waals surface area contributed by atoms with Crippen LogP contribution in [0.25, 0.3) is 0 Å². The first kappa shape index (κ1) is 18.7. The van der Waals surface area contributed by atoms with Crippen LogP contribution < -0.4 is 5.32 Å². The van der Waals surface area contributed by atoms with Crippen LogP contribution in [-0.4, -0.2) is 77.0 Å². The van der Waals surface area contributed by atoms with Crippen LogP contribution in [-0.2, 0) is 11.3 Å². The molecule has 0 aromatic carbocycles. The molecule has 2 aliphatic rings. The van der Waals surface area contributed by atoms with Crippen molar-refractivity contribution in [2.75, 3.05) is 39.4 Å². The summed E-state index contributed by atoms with van der Waals surface area (Å²) in [4.78, 5) is 28.8. The molecule has 0 atom stereocenters. The zero-order valence-corrected chi connectivity index (χ0v) is 15.7. The van der Waals surface area contributed by atoms with Crippen LogP contribution in [0.4, 0.5) is 4.79 Å². The Bertz CT molecular complexity index is 631. The molecule has 3 rings (SSSR count). The largest absolute Gasteiger partial charge is 0.378 e. The zero-order chi connectivity index (χ0) is 18.5. The Morgan fingerprint density at radius 2 is 1.85 bits per heavy atom. The van der Waals surface area contributed by atoms with Crippen molar-refractivity contribution in [1.29, 1.82) is 0 Å². The SMILES string of the molecule is CCCn1cc(C(=O)NC2CCN(C(=O)N3CCOCC3)CC2)c(C)n1. The fourth-order valence-corrected chi connectivity index (χ4v) is 3.52. The third-order valence-corrected chi connectivity index (χ3v) is 5.03. The number of nitrogens with one attached hydrogen (secondary N) is 1. The monoisotopic (exact) mass is 363 g/mol. The summed E-state index contributed by atoms with van der Waals surface area (Å²) < 4.78 is 7.13. The Morgan fingerprint density at radius 3 is 2.50 bits per heavy atom. The lowest BCUT2D eigenvalue weighted by Gasteiger charge is -2.37. The van der Waals surface area contributed by atoms with E-state index in [1.165, 1.54) is 0 Å². The van der Waals surface area contributed by atoms with Crippen molar-refractivity contribution in [2.24, 2.45) is 0 Å². The predicted octanol–water partition coefficient (Wildman–Crippen LogP) is 1.25. The van der Waals surface area contributed by atoms with Gasteiger partial charge in [0.1, 0.15) is 0 Å². The Balaban J connectivity index is 1.49. The van der Waals surface area contributed by atoms with Gasteiger partial charge in [-0.2, -0.15) is 5.10 Å². The molecule has 0 spiro atoms. The number of hydrogen-bond acceptors (Lipinski definition) is 4. The molecular weight excluding hydrogens is 334 g/mol. The molecule has 8 heteroatoms. The van der Waals surface area contributed by atoms with Gasteiger partial charge in [-0.25, -0.2) is 4.79 Å². The highest BCUT2D eigenvalue weighted by atomic mass is 16.5. The van der Waals surface area contributed by atoms with E-state index >= 15 is 0 Å². The molecule has 0 bridgehead atoms. The molecule has 1 N–H and O–H groups in total. The highest BCUT2D eigenvalue weighted by molar-refractivity contribution is 5.95. The van der Waals surface area contributed by atoms with Gasteiger partial charge >= 0.3 is 6.03 Å². The minimum absolute atomic E-state index is 0.0668. The molecule has 2 fully saturated rings. The fourth-order valence-electron chi connectivity index (χ4n) is 3.52. The normalized spacial score (nSPS) is 18.8. The molecule has 0 radical (unpaired) electrons. The van der Waals surface area contributed by atoms with Crippen LogP contribution in [0.15, 0.2) is 6.20 Å². The highest BCUT2D eigenvalue weighted by Crippen LogP contribution is 2.15. The second-order valence-electron chi connectivity index (χ2n) is 7.01. The lowest BCUT2D eigenvalue weighted by Crippen LogP contribution is -2.52. The maximum atomic E-state index is 12.5. The number of hydrogen-bond donors (Lipinski definition) is 1. The number of aromatic nitrogens is 2. The molecule has 0 saturated carbocycles. The maximum absolute atomic E-state index is 12.5. The summed E-state index contributed by atoms with van der Waals surface area (Å²) in [7, 11) is 0. The van der Waals surface area contributed by atoms with Crippen LogP contribution in [0.3, 0.4) is 0 Å². The summed E-state index contributed by atoms with van der Waals surface area (Å²) in [6, 6.07) is 0.194. The Hall–Kier alpha value is -2.09. The van der Waals surface area contributed by atoms with Crippen molar-refractivity contribution in [3.05, 3.63) is 17.5 Å². The van der Waals surface area contributed by atoms with E-state index in [1.54, 1.807) is 0 Å². The zero-order valence-electron chi connectivity index (χ0n) is 15.7. The third kappa shape index (κ3) is 4.35. The van der Waals surface area contributed by atoms with Crippen LogP contribution >= 0.6 is 0 Å². The Morgan fingerprint density at radius 1 is 1.19 bits per heavy atom. The number of urea groups is 1. The van der Waals surface area contributed by atoms with Crippen molar-refractivity contribution in [2.45, 2.75) is 45.7 Å². The van der Waals surface area contributed by atoms with Gasteiger partial charge in [-0.3, -0.25) is 9.48 Å². The average molecular weight is 363 g/mol. The van der Waals surface area contributed by atoms with Crippen molar-refractivity contribution in [1.82, 2.24) is 24.9 Å². The molecule has 8 nitrogen and oxygen atoms in total. The summed E-state index contributed by atoms with van der Waals surface area (Å²) in [5.74, 6) is -0.0668. The van der Waals surface area contributed by atoms with E-state index in [0.29, 0.717) is 45.0 Å². The number of aryl methyl sites for hydroxylation is 2. The van der Waals surface area contributed by atoms with Crippen LogP contribution in [0.2, 0.25) is 0 Å². The molecule has 3 amide bonds. The number of piperidine rings is 1. The van der Waals surface area contributed by atoms with Gasteiger partial charge in [-0.05, 0) is 26.2 Å². The molecule has 1 aromatic rings. The van der Waals surface area contributed by atoms with Gasteiger partial charge in [-0.15, -0.1) is 0 Å². The van der Waals surface area contributed by atoms with Gasteiger partial charge in [0.05, 0.1) is 24.5 Å². The van der Waals surface area contributed by atoms with Gasteiger partial charge in [0, 0.05) is 45.0 Å². The lowest BCUT2D eigenvalue weighted by atomic mass is 10.0. The number of likely N-dealkylation sites (tertiary alicyclic amines) is 1. The number of ether oxygens (including phenoxy) is 1. The fraction of sp³-hybridized carbons (Fsp3) is 0.722. The summed E-state index contributed by atoms with van der Waals surface area (Å²) in [6.07, 6.45) is 4.37. The van der Waals surface area contributed by atoms with E-state index < -0.39 is 0 Å². The van der Waals surface area contributed by atoms with Crippen LogP contribution in [0.1, 0.15) is 42.2 Å². The second-order valence-corrected chi connectivity index (χ2v) is 7.01. The van der Waals surface area contributed by atoms with E-state index in [1.807, 2.05) is 27.6 Å². The standard InChI is InChI=1S/C18H29N5O3/c1-3-6-23-13-16(14(2)20-23)17(24)19-15-4-7-21(8-5-15)18(25)22-9-11-26-12-10-22/h13,15H,3-12H2,1-2H3,(H,19,24). The third-order valence-electron chi connectivity index (χ3n) is 5.03. The van der Waals surface area contributed by atoms with E-state index in [2.05, 4.69) is 17.3 Å². The number of nitrogens with zero attached hydrogens (tertiary/aromatic N) is 4. The van der Waals surface area contributed by atoms with Gasteiger partial charge < -0.3 is 19.9 Å². The maximum Gasteiger partial charge on any atom is 0.320 e. The van der Waals surface area contributed by atoms with Crippen molar-refractivity contribution in [3.63, 3.8) is 0 Å². The van der Waals surface area contributed by atoms with Crippen molar-refractivity contribution < 1.29 is 14.3 Å². The van der Waals surface area contributed by atoms with Gasteiger partial charge in [0.25, 0.3) is 5.91 Å².